The van der Waals surface area contributed by atoms with Crippen molar-refractivity contribution in [2.45, 2.75) is 19.4 Å². The first-order valence-corrected chi connectivity index (χ1v) is 9.71. The Bertz CT molecular complexity index is 962. The third-order valence-corrected chi connectivity index (χ3v) is 4.46. The minimum Gasteiger partial charge on any atom is -0.343 e. The third-order valence-electron chi connectivity index (χ3n) is 3.55. The molecule has 0 unspecified atom stereocenters. The second-order valence-electron chi connectivity index (χ2n) is 6.27. The van der Waals surface area contributed by atoms with E-state index >= 15 is 0 Å². The monoisotopic (exact) mass is 402 g/mol. The fourth-order valence-electron chi connectivity index (χ4n) is 2.36. The van der Waals surface area contributed by atoms with Crippen LogP contribution in [0.5, 0.6) is 0 Å². The van der Waals surface area contributed by atoms with E-state index in [2.05, 4.69) is 5.32 Å². The molecule has 2 aromatic carbocycles. The molecule has 0 aliphatic rings. The van der Waals surface area contributed by atoms with Gasteiger partial charge in [-0.25, -0.2) is 17.2 Å². The summed E-state index contributed by atoms with van der Waals surface area (Å²) in [5.74, 6) is -1.89. The standard InChI is InChI=1S/C17H17ClF2N2O3S/c1-17(2,12-6-5-11(19)9-13(12)18)21-16(23)10-4-7-14(20)15(8-10)22-26(3,24)25/h4-9,22H,1-3H3,(H,21,23). The van der Waals surface area contributed by atoms with Crippen LogP contribution in [0.2, 0.25) is 5.02 Å². The van der Waals surface area contributed by atoms with Crippen LogP contribution >= 0.6 is 11.6 Å². The summed E-state index contributed by atoms with van der Waals surface area (Å²) in [5.41, 5.74) is -0.757. The SMILES string of the molecule is CC(C)(NC(=O)c1ccc(F)c(NS(C)(=O)=O)c1)c1ccc(F)cc1Cl. The number of carbonyl (C=O) groups excluding carboxylic acids is 1. The molecule has 2 rings (SSSR count). The maximum absolute atomic E-state index is 13.7. The van der Waals surface area contributed by atoms with Gasteiger partial charge in [0.15, 0.2) is 0 Å². The normalized spacial score (nSPS) is 11.9. The summed E-state index contributed by atoms with van der Waals surface area (Å²) < 4.78 is 51.6. The first kappa shape index (κ1) is 20.1. The van der Waals surface area contributed by atoms with Gasteiger partial charge >= 0.3 is 0 Å². The molecule has 0 aliphatic carbocycles. The number of hydrogen-bond acceptors (Lipinski definition) is 3. The molecule has 0 saturated carbocycles. The first-order chi connectivity index (χ1) is 11.9. The van der Waals surface area contributed by atoms with Gasteiger partial charge in [-0.2, -0.15) is 0 Å². The molecule has 140 valence electrons. The van der Waals surface area contributed by atoms with Crippen LogP contribution in [0.25, 0.3) is 0 Å². The lowest BCUT2D eigenvalue weighted by Crippen LogP contribution is -2.41. The van der Waals surface area contributed by atoms with Crippen LogP contribution in [-0.4, -0.2) is 20.6 Å². The van der Waals surface area contributed by atoms with Crippen LogP contribution in [0.3, 0.4) is 0 Å². The van der Waals surface area contributed by atoms with Crippen molar-refractivity contribution in [3.63, 3.8) is 0 Å². The summed E-state index contributed by atoms with van der Waals surface area (Å²) in [7, 11) is -3.70. The summed E-state index contributed by atoms with van der Waals surface area (Å²) >= 11 is 6.04. The number of sulfonamides is 1. The lowest BCUT2D eigenvalue weighted by atomic mass is 9.93. The van der Waals surface area contributed by atoms with Crippen LogP contribution in [-0.2, 0) is 15.6 Å². The van der Waals surface area contributed by atoms with Gasteiger partial charge in [-0.1, -0.05) is 17.7 Å². The van der Waals surface area contributed by atoms with Gasteiger partial charge in [0.05, 0.1) is 17.5 Å². The number of amides is 1. The second-order valence-corrected chi connectivity index (χ2v) is 8.43. The van der Waals surface area contributed by atoms with Crippen molar-refractivity contribution in [1.29, 1.82) is 0 Å². The van der Waals surface area contributed by atoms with Crippen molar-refractivity contribution in [2.24, 2.45) is 0 Å². The Balaban J connectivity index is 2.30. The Morgan fingerprint density at radius 3 is 2.35 bits per heavy atom. The van der Waals surface area contributed by atoms with E-state index in [1.165, 1.54) is 18.2 Å². The van der Waals surface area contributed by atoms with Crippen molar-refractivity contribution in [1.82, 2.24) is 5.32 Å². The highest BCUT2D eigenvalue weighted by atomic mass is 35.5. The molecule has 0 spiro atoms. The van der Waals surface area contributed by atoms with Gasteiger partial charge < -0.3 is 5.32 Å². The maximum Gasteiger partial charge on any atom is 0.252 e. The van der Waals surface area contributed by atoms with Gasteiger partial charge in [-0.15, -0.1) is 0 Å². The van der Waals surface area contributed by atoms with E-state index in [1.807, 2.05) is 4.72 Å². The second kappa shape index (κ2) is 7.20. The highest BCUT2D eigenvalue weighted by Crippen LogP contribution is 2.29. The summed E-state index contributed by atoms with van der Waals surface area (Å²) in [6.07, 6.45) is 0.874. The van der Waals surface area contributed by atoms with E-state index in [4.69, 9.17) is 11.6 Å². The molecule has 0 aromatic heterocycles. The first-order valence-electron chi connectivity index (χ1n) is 7.44. The molecular weight excluding hydrogens is 386 g/mol. The molecule has 5 nitrogen and oxygen atoms in total. The Morgan fingerprint density at radius 2 is 1.77 bits per heavy atom. The van der Waals surface area contributed by atoms with Crippen molar-refractivity contribution in [2.75, 3.05) is 11.0 Å². The lowest BCUT2D eigenvalue weighted by molar-refractivity contribution is 0.0912. The van der Waals surface area contributed by atoms with Gasteiger partial charge in [-0.05, 0) is 49.7 Å². The van der Waals surface area contributed by atoms with Crippen LogP contribution in [0.15, 0.2) is 36.4 Å². The van der Waals surface area contributed by atoms with E-state index in [0.717, 1.165) is 24.5 Å². The van der Waals surface area contributed by atoms with Gasteiger partial charge in [0.2, 0.25) is 10.0 Å². The highest BCUT2D eigenvalue weighted by Gasteiger charge is 2.26. The van der Waals surface area contributed by atoms with E-state index < -0.39 is 33.1 Å². The van der Waals surface area contributed by atoms with Crippen LogP contribution < -0.4 is 10.0 Å². The molecule has 0 saturated heterocycles. The van der Waals surface area contributed by atoms with Crippen LogP contribution in [0, 0.1) is 11.6 Å². The van der Waals surface area contributed by atoms with Crippen molar-refractivity contribution < 1.29 is 22.0 Å². The zero-order valence-electron chi connectivity index (χ0n) is 14.2. The van der Waals surface area contributed by atoms with Crippen LogP contribution in [0.4, 0.5) is 14.5 Å². The molecule has 2 N–H and O–H groups in total. The molecule has 0 heterocycles. The molecule has 9 heteroatoms. The molecule has 0 bridgehead atoms. The maximum atomic E-state index is 13.7. The van der Waals surface area contributed by atoms with Gasteiger partial charge in [0.25, 0.3) is 5.91 Å². The summed E-state index contributed by atoms with van der Waals surface area (Å²) in [6, 6.07) is 7.12. The number of benzene rings is 2. The van der Waals surface area contributed by atoms with E-state index in [0.29, 0.717) is 5.56 Å². The quantitative estimate of drug-likeness (QED) is 0.801. The largest absolute Gasteiger partial charge is 0.343 e. The minimum absolute atomic E-state index is 0.0452. The number of halogens is 3. The fraction of sp³-hybridized carbons (Fsp3) is 0.235. The molecule has 0 aliphatic heterocycles. The number of anilines is 1. The predicted octanol–water partition coefficient (Wildman–Crippen LogP) is 3.65. The number of hydrogen-bond donors (Lipinski definition) is 2. The average Bonchev–Trinajstić information content (AvgIpc) is 2.47. The number of carbonyl (C=O) groups is 1. The zero-order chi connectivity index (χ0) is 19.7. The lowest BCUT2D eigenvalue weighted by Gasteiger charge is -2.28. The average molecular weight is 403 g/mol. The number of rotatable bonds is 5. The van der Waals surface area contributed by atoms with Crippen molar-refractivity contribution >= 4 is 33.2 Å². The Hall–Kier alpha value is -2.19. The highest BCUT2D eigenvalue weighted by molar-refractivity contribution is 7.92. The Morgan fingerprint density at radius 1 is 1.12 bits per heavy atom. The van der Waals surface area contributed by atoms with Crippen molar-refractivity contribution in [3.05, 3.63) is 64.2 Å². The number of nitrogens with one attached hydrogen (secondary N) is 2. The molecular formula is C17H17ClF2N2O3S. The van der Waals surface area contributed by atoms with Gasteiger partial charge in [-0.3, -0.25) is 9.52 Å². The van der Waals surface area contributed by atoms with Gasteiger partial charge in [0.1, 0.15) is 11.6 Å². The van der Waals surface area contributed by atoms with Crippen LogP contribution in [0.1, 0.15) is 29.8 Å². The summed E-state index contributed by atoms with van der Waals surface area (Å²) in [6.45, 7) is 3.34. The van der Waals surface area contributed by atoms with Crippen molar-refractivity contribution in [3.8, 4) is 0 Å². The minimum atomic E-state index is -3.70. The topological polar surface area (TPSA) is 75.3 Å². The predicted molar refractivity (Wildman–Crippen MR) is 96.8 cm³/mol. The van der Waals surface area contributed by atoms with E-state index in [-0.39, 0.29) is 16.3 Å². The fourth-order valence-corrected chi connectivity index (χ4v) is 3.32. The zero-order valence-corrected chi connectivity index (χ0v) is 15.8. The van der Waals surface area contributed by atoms with E-state index in [1.54, 1.807) is 13.8 Å². The van der Waals surface area contributed by atoms with Gasteiger partial charge in [0, 0.05) is 10.6 Å². The third kappa shape index (κ3) is 4.92. The summed E-state index contributed by atoms with van der Waals surface area (Å²) in [5, 5.41) is 2.86. The molecule has 0 radical (unpaired) electrons. The molecule has 2 aromatic rings. The molecule has 26 heavy (non-hydrogen) atoms. The smallest absolute Gasteiger partial charge is 0.252 e. The Labute approximate surface area is 155 Å². The van der Waals surface area contributed by atoms with E-state index in [9.17, 15) is 22.0 Å². The molecule has 0 fully saturated rings. The Kier molecular flexibility index (Phi) is 5.58. The molecule has 0 atom stereocenters. The summed E-state index contributed by atoms with van der Waals surface area (Å²) in [4.78, 5) is 12.5. The molecule has 1 amide bonds.